The van der Waals surface area contributed by atoms with Crippen molar-refractivity contribution in [1.29, 1.82) is 5.26 Å². The van der Waals surface area contributed by atoms with Crippen LogP contribution >= 0.6 is 0 Å². The Kier molecular flexibility index (Phi) is 4.75. The number of aryl methyl sites for hydroxylation is 2. The highest BCUT2D eigenvalue weighted by atomic mass is 16.4. The summed E-state index contributed by atoms with van der Waals surface area (Å²) in [5, 5.41) is 15.1. The van der Waals surface area contributed by atoms with Crippen LogP contribution in [0.25, 0.3) is 33.2 Å². The summed E-state index contributed by atoms with van der Waals surface area (Å²) in [7, 11) is 0. The fraction of sp³-hybridized carbons (Fsp3) is 0.0667. The van der Waals surface area contributed by atoms with Gasteiger partial charge in [-0.2, -0.15) is 5.26 Å². The molecule has 0 bridgehead atoms. The first-order chi connectivity index (χ1) is 16.7. The van der Waals surface area contributed by atoms with E-state index >= 15 is 0 Å². The number of anilines is 1. The van der Waals surface area contributed by atoms with Crippen molar-refractivity contribution in [3.8, 4) is 28.5 Å². The number of amides is 1. The predicted octanol–water partition coefficient (Wildman–Crippen LogP) is 6.99. The van der Waals surface area contributed by atoms with Gasteiger partial charge in [0.1, 0.15) is 17.4 Å². The summed E-state index contributed by atoms with van der Waals surface area (Å²) >= 11 is 0. The molecule has 1 N–H and O–H groups in total. The highest BCUT2D eigenvalue weighted by Crippen LogP contribution is 2.41. The number of hydrogen-bond donors (Lipinski definition) is 1. The van der Waals surface area contributed by atoms with Gasteiger partial charge < -0.3 is 4.42 Å². The Morgan fingerprint density at radius 2 is 1.47 bits per heavy atom. The molecule has 4 heteroatoms. The molecule has 0 saturated heterocycles. The molecule has 4 nitrogen and oxygen atoms in total. The molecular formula is C30H20N2O2. The van der Waals surface area contributed by atoms with Crippen LogP contribution in [0.3, 0.4) is 0 Å². The van der Waals surface area contributed by atoms with E-state index in [1.165, 1.54) is 16.5 Å². The van der Waals surface area contributed by atoms with Crippen molar-refractivity contribution < 1.29 is 9.21 Å². The van der Waals surface area contributed by atoms with E-state index < -0.39 is 0 Å². The van der Waals surface area contributed by atoms with E-state index in [0.29, 0.717) is 22.5 Å². The molecule has 1 aromatic heterocycles. The smallest absolute Gasteiger partial charge is 0.258 e. The van der Waals surface area contributed by atoms with Crippen molar-refractivity contribution >= 4 is 22.6 Å². The predicted molar refractivity (Wildman–Crippen MR) is 134 cm³/mol. The van der Waals surface area contributed by atoms with Gasteiger partial charge in [0.2, 0.25) is 5.88 Å². The molecule has 0 atom stereocenters. The van der Waals surface area contributed by atoms with E-state index in [1.54, 1.807) is 0 Å². The van der Waals surface area contributed by atoms with Gasteiger partial charge >= 0.3 is 0 Å². The van der Waals surface area contributed by atoms with Crippen LogP contribution in [0.5, 0.6) is 0 Å². The molecule has 1 aliphatic rings. The number of nitriles is 1. The van der Waals surface area contributed by atoms with Crippen molar-refractivity contribution in [2.24, 2.45) is 0 Å². The molecule has 0 fully saturated rings. The summed E-state index contributed by atoms with van der Waals surface area (Å²) in [4.78, 5) is 13.5. The van der Waals surface area contributed by atoms with Gasteiger partial charge in [0, 0.05) is 16.7 Å². The summed E-state index contributed by atoms with van der Waals surface area (Å²) in [6.07, 6.45) is 1.99. The Labute approximate surface area is 197 Å². The minimum Gasteiger partial charge on any atom is -0.438 e. The molecular weight excluding hydrogens is 420 g/mol. The lowest BCUT2D eigenvalue weighted by Gasteiger charge is -2.09. The minimum atomic E-state index is -0.292. The zero-order chi connectivity index (χ0) is 23.1. The van der Waals surface area contributed by atoms with Crippen LogP contribution in [0.4, 0.5) is 5.88 Å². The summed E-state index contributed by atoms with van der Waals surface area (Å²) in [5.74, 6) is 0.424. The highest BCUT2D eigenvalue weighted by Gasteiger charge is 2.25. The maximum Gasteiger partial charge on any atom is 0.258 e. The van der Waals surface area contributed by atoms with E-state index in [1.807, 2.05) is 84.9 Å². The highest BCUT2D eigenvalue weighted by molar-refractivity contribution is 6.14. The van der Waals surface area contributed by atoms with Crippen molar-refractivity contribution in [3.63, 3.8) is 0 Å². The fourth-order valence-corrected chi connectivity index (χ4v) is 4.91. The van der Waals surface area contributed by atoms with Gasteiger partial charge in [0.05, 0.1) is 0 Å². The van der Waals surface area contributed by atoms with Crippen LogP contribution < -0.4 is 5.32 Å². The molecule has 6 rings (SSSR count). The second-order valence-corrected chi connectivity index (χ2v) is 8.42. The van der Waals surface area contributed by atoms with Gasteiger partial charge in [0.15, 0.2) is 0 Å². The van der Waals surface area contributed by atoms with E-state index in [-0.39, 0.29) is 11.8 Å². The summed E-state index contributed by atoms with van der Waals surface area (Å²) in [6, 6.07) is 31.6. The van der Waals surface area contributed by atoms with E-state index in [9.17, 15) is 10.1 Å². The first-order valence-corrected chi connectivity index (χ1v) is 11.3. The fourth-order valence-electron chi connectivity index (χ4n) is 4.91. The first-order valence-electron chi connectivity index (χ1n) is 11.3. The number of carbonyl (C=O) groups excluding carboxylic acids is 1. The largest absolute Gasteiger partial charge is 0.438 e. The quantitative estimate of drug-likeness (QED) is 0.327. The van der Waals surface area contributed by atoms with Crippen LogP contribution in [0.2, 0.25) is 0 Å². The third kappa shape index (κ3) is 3.18. The molecule has 162 valence electrons. The average Bonchev–Trinajstić information content (AvgIpc) is 3.48. The number of hydrogen-bond acceptors (Lipinski definition) is 3. The van der Waals surface area contributed by atoms with Gasteiger partial charge in [0.25, 0.3) is 5.91 Å². The molecule has 4 aromatic carbocycles. The Bertz CT molecular complexity index is 1580. The van der Waals surface area contributed by atoms with Crippen LogP contribution in [0.1, 0.15) is 27.0 Å². The Morgan fingerprint density at radius 3 is 2.18 bits per heavy atom. The summed E-state index contributed by atoms with van der Waals surface area (Å²) in [6.45, 7) is 0. The lowest BCUT2D eigenvalue weighted by Crippen LogP contribution is -2.13. The Morgan fingerprint density at radius 1 is 0.794 bits per heavy atom. The SMILES string of the molecule is N#Cc1c(NC(=O)c2ccc3c4c(cccc24)CC3)oc(-c2ccccc2)c1-c1ccccc1. The average molecular weight is 441 g/mol. The first kappa shape index (κ1) is 20.0. The summed E-state index contributed by atoms with van der Waals surface area (Å²) in [5.41, 5.74) is 5.79. The van der Waals surface area contributed by atoms with E-state index in [0.717, 1.165) is 29.4 Å². The van der Waals surface area contributed by atoms with Crippen LogP contribution in [-0.4, -0.2) is 5.91 Å². The molecule has 0 radical (unpaired) electrons. The number of benzene rings is 4. The molecule has 34 heavy (non-hydrogen) atoms. The zero-order valence-electron chi connectivity index (χ0n) is 18.3. The third-order valence-corrected chi connectivity index (χ3v) is 6.47. The van der Waals surface area contributed by atoms with Crippen molar-refractivity contribution in [3.05, 3.63) is 113 Å². The molecule has 0 spiro atoms. The second-order valence-electron chi connectivity index (χ2n) is 8.42. The van der Waals surface area contributed by atoms with Gasteiger partial charge in [-0.3, -0.25) is 10.1 Å². The minimum absolute atomic E-state index is 0.161. The van der Waals surface area contributed by atoms with E-state index in [4.69, 9.17) is 4.42 Å². The number of nitrogens with one attached hydrogen (secondary N) is 1. The van der Waals surface area contributed by atoms with Crippen molar-refractivity contribution in [2.45, 2.75) is 12.8 Å². The summed E-state index contributed by atoms with van der Waals surface area (Å²) < 4.78 is 6.19. The van der Waals surface area contributed by atoms with Gasteiger partial charge in [-0.1, -0.05) is 84.9 Å². The van der Waals surface area contributed by atoms with Crippen LogP contribution in [-0.2, 0) is 12.8 Å². The Balaban J connectivity index is 1.48. The van der Waals surface area contributed by atoms with E-state index in [2.05, 4.69) is 17.5 Å². The molecule has 1 amide bonds. The Hall–Kier alpha value is -4.62. The normalized spacial score (nSPS) is 12.0. The number of furan rings is 1. The number of carbonyl (C=O) groups is 1. The van der Waals surface area contributed by atoms with Gasteiger partial charge in [-0.05, 0) is 46.4 Å². The monoisotopic (exact) mass is 440 g/mol. The molecule has 0 unspecified atom stereocenters. The van der Waals surface area contributed by atoms with Crippen molar-refractivity contribution in [1.82, 2.24) is 0 Å². The lowest BCUT2D eigenvalue weighted by atomic mass is 9.98. The molecule has 1 aliphatic carbocycles. The number of nitrogens with zero attached hydrogens (tertiary/aromatic N) is 1. The van der Waals surface area contributed by atoms with Crippen molar-refractivity contribution in [2.75, 3.05) is 5.32 Å². The van der Waals surface area contributed by atoms with Gasteiger partial charge in [-0.15, -0.1) is 0 Å². The molecule has 5 aromatic rings. The maximum atomic E-state index is 13.5. The van der Waals surface area contributed by atoms with Crippen LogP contribution in [0, 0.1) is 11.3 Å². The standard InChI is InChI=1S/C30H20N2O2/c31-18-25-27(19-8-3-1-4-9-19)28(22-10-5-2-6-11-22)34-30(25)32-29(33)24-17-16-21-15-14-20-12-7-13-23(24)26(20)21/h1-13,16-17H,14-15H2,(H,32,33). The topological polar surface area (TPSA) is 66.0 Å². The van der Waals surface area contributed by atoms with Gasteiger partial charge in [-0.25, -0.2) is 0 Å². The lowest BCUT2D eigenvalue weighted by molar-refractivity contribution is 0.102. The second kappa shape index (κ2) is 8.06. The molecule has 0 saturated carbocycles. The zero-order valence-corrected chi connectivity index (χ0v) is 18.3. The molecule has 1 heterocycles. The van der Waals surface area contributed by atoms with Crippen LogP contribution in [0.15, 0.2) is 95.4 Å². The third-order valence-electron chi connectivity index (χ3n) is 6.47. The molecule has 0 aliphatic heterocycles. The maximum absolute atomic E-state index is 13.5. The number of rotatable bonds is 4.